The molecule has 0 bridgehead atoms. The molecule has 0 saturated heterocycles. The van der Waals surface area contributed by atoms with Crippen LogP contribution in [0.5, 0.6) is 5.75 Å². The van der Waals surface area contributed by atoms with Crippen LogP contribution in [0.1, 0.15) is 25.6 Å². The molecule has 0 unspecified atom stereocenters. The van der Waals surface area contributed by atoms with Gasteiger partial charge in [0.15, 0.2) is 11.6 Å². The average Bonchev–Trinajstić information content (AvgIpc) is 3.31. The number of anilines is 1. The number of nitrogen functional groups attached to an aromatic ring is 1. The fourth-order valence-corrected chi connectivity index (χ4v) is 2.95. The van der Waals surface area contributed by atoms with E-state index in [1.54, 1.807) is 16.9 Å². The lowest BCUT2D eigenvalue weighted by Crippen LogP contribution is -2.05. The highest BCUT2D eigenvalue weighted by Gasteiger charge is 2.18. The first-order valence-corrected chi connectivity index (χ1v) is 8.70. The molecule has 0 saturated carbocycles. The monoisotopic (exact) mass is 382 g/mol. The van der Waals surface area contributed by atoms with E-state index in [0.717, 1.165) is 5.69 Å². The molecule has 0 amide bonds. The average molecular weight is 382 g/mol. The van der Waals surface area contributed by atoms with Gasteiger partial charge in [0, 0.05) is 17.6 Å². The maximum absolute atomic E-state index is 14.0. The summed E-state index contributed by atoms with van der Waals surface area (Å²) in [6.07, 6.45) is 3.67. The number of halogens is 1. The Balaban J connectivity index is 1.73. The van der Waals surface area contributed by atoms with Crippen LogP contribution in [0.2, 0.25) is 0 Å². The Morgan fingerprint density at radius 3 is 2.75 bits per heavy atom. The van der Waals surface area contributed by atoms with E-state index in [1.807, 2.05) is 16.9 Å². The molecule has 4 aromatic rings. The van der Waals surface area contributed by atoms with E-state index in [2.05, 4.69) is 39.2 Å². The van der Waals surface area contributed by atoms with Crippen molar-refractivity contribution in [2.24, 2.45) is 0 Å². The summed E-state index contributed by atoms with van der Waals surface area (Å²) in [6, 6.07) is 5.09. The molecule has 0 radical (unpaired) electrons. The number of nitrogens with two attached hydrogens (primary N) is 1. The van der Waals surface area contributed by atoms with Crippen LogP contribution >= 0.6 is 0 Å². The van der Waals surface area contributed by atoms with E-state index in [-0.39, 0.29) is 23.3 Å². The van der Waals surface area contributed by atoms with Crippen LogP contribution in [0.3, 0.4) is 0 Å². The topological polar surface area (TPSA) is 110 Å². The van der Waals surface area contributed by atoms with Gasteiger partial charge in [0.05, 0.1) is 25.5 Å². The SMILES string of the molecule is COc1c(F)ccc2c(-c3cn(Cc4ccn(C(C)C)n4)nn3)nc(N)nc12. The van der Waals surface area contributed by atoms with Crippen molar-refractivity contribution in [3.05, 3.63) is 42.1 Å². The molecule has 28 heavy (non-hydrogen) atoms. The standard InChI is InChI=1S/C18H19FN8O/c1-10(2)27-7-6-11(24-27)8-26-9-14(23-25-26)15-12-4-5-13(19)17(28-3)16(12)22-18(20)21-15/h4-7,9-10H,8H2,1-3H3,(H2,20,21,22). The van der Waals surface area contributed by atoms with Crippen molar-refractivity contribution < 1.29 is 9.13 Å². The van der Waals surface area contributed by atoms with E-state index in [9.17, 15) is 4.39 Å². The zero-order valence-electron chi connectivity index (χ0n) is 15.7. The van der Waals surface area contributed by atoms with E-state index < -0.39 is 5.82 Å². The summed E-state index contributed by atoms with van der Waals surface area (Å²) in [5, 5.41) is 13.4. The predicted octanol–water partition coefficient (Wildman–Crippen LogP) is 2.44. The Kier molecular flexibility index (Phi) is 4.38. The van der Waals surface area contributed by atoms with Gasteiger partial charge in [0.25, 0.3) is 0 Å². The zero-order chi connectivity index (χ0) is 19.8. The molecule has 0 aliphatic heterocycles. The molecule has 0 atom stereocenters. The van der Waals surface area contributed by atoms with Crippen molar-refractivity contribution in [1.29, 1.82) is 0 Å². The molecular weight excluding hydrogens is 363 g/mol. The maximum atomic E-state index is 14.0. The van der Waals surface area contributed by atoms with Crippen molar-refractivity contribution in [1.82, 2.24) is 34.7 Å². The van der Waals surface area contributed by atoms with Gasteiger partial charge in [-0.15, -0.1) is 5.10 Å². The van der Waals surface area contributed by atoms with Crippen LogP contribution in [0.4, 0.5) is 10.3 Å². The molecule has 9 nitrogen and oxygen atoms in total. The summed E-state index contributed by atoms with van der Waals surface area (Å²) in [6.45, 7) is 4.58. The van der Waals surface area contributed by atoms with Crippen LogP contribution in [0.25, 0.3) is 22.3 Å². The molecule has 3 heterocycles. The lowest BCUT2D eigenvalue weighted by molar-refractivity contribution is 0.391. The second-order valence-electron chi connectivity index (χ2n) is 6.59. The first-order chi connectivity index (χ1) is 13.5. The third-order valence-corrected chi connectivity index (χ3v) is 4.29. The van der Waals surface area contributed by atoms with Crippen molar-refractivity contribution in [2.75, 3.05) is 12.8 Å². The Hall–Kier alpha value is -3.56. The molecule has 0 aliphatic carbocycles. The Bertz CT molecular complexity index is 1150. The first kappa shape index (κ1) is 17.8. The minimum Gasteiger partial charge on any atom is -0.491 e. The fourth-order valence-electron chi connectivity index (χ4n) is 2.95. The molecule has 1 aromatic carbocycles. The fraction of sp³-hybridized carbons (Fsp3) is 0.278. The van der Waals surface area contributed by atoms with Gasteiger partial charge in [-0.2, -0.15) is 5.10 Å². The predicted molar refractivity (Wildman–Crippen MR) is 101 cm³/mol. The third kappa shape index (κ3) is 3.13. The smallest absolute Gasteiger partial charge is 0.221 e. The number of nitrogens with zero attached hydrogens (tertiary/aromatic N) is 7. The van der Waals surface area contributed by atoms with Crippen molar-refractivity contribution in [3.8, 4) is 17.1 Å². The maximum Gasteiger partial charge on any atom is 0.221 e. The number of fused-ring (bicyclic) bond motifs is 1. The molecule has 0 spiro atoms. The van der Waals surface area contributed by atoms with Crippen molar-refractivity contribution >= 4 is 16.9 Å². The highest BCUT2D eigenvalue weighted by molar-refractivity contribution is 5.95. The van der Waals surface area contributed by atoms with Gasteiger partial charge >= 0.3 is 0 Å². The summed E-state index contributed by atoms with van der Waals surface area (Å²) in [4.78, 5) is 8.40. The second-order valence-corrected chi connectivity index (χ2v) is 6.59. The van der Waals surface area contributed by atoms with Gasteiger partial charge in [-0.1, -0.05) is 5.21 Å². The minimum atomic E-state index is -0.525. The van der Waals surface area contributed by atoms with E-state index in [4.69, 9.17) is 10.5 Å². The van der Waals surface area contributed by atoms with Crippen molar-refractivity contribution in [2.45, 2.75) is 26.4 Å². The molecule has 0 aliphatic rings. The summed E-state index contributed by atoms with van der Waals surface area (Å²) in [7, 11) is 1.38. The molecule has 10 heteroatoms. The number of rotatable bonds is 5. The summed E-state index contributed by atoms with van der Waals surface area (Å²) < 4.78 is 22.7. The Labute approximate surface area is 160 Å². The van der Waals surface area contributed by atoms with Gasteiger partial charge < -0.3 is 10.5 Å². The summed E-state index contributed by atoms with van der Waals surface area (Å²) in [5.74, 6) is -0.514. The number of hydrogen-bond acceptors (Lipinski definition) is 7. The van der Waals surface area contributed by atoms with Crippen LogP contribution < -0.4 is 10.5 Å². The molecule has 144 valence electrons. The number of methoxy groups -OCH3 is 1. The summed E-state index contributed by atoms with van der Waals surface area (Å²) >= 11 is 0. The van der Waals surface area contributed by atoms with E-state index >= 15 is 0 Å². The molecule has 2 N–H and O–H groups in total. The highest BCUT2D eigenvalue weighted by atomic mass is 19.1. The Morgan fingerprint density at radius 2 is 2.04 bits per heavy atom. The first-order valence-electron chi connectivity index (χ1n) is 8.70. The quantitative estimate of drug-likeness (QED) is 0.564. The van der Waals surface area contributed by atoms with E-state index in [1.165, 1.54) is 13.2 Å². The lowest BCUT2D eigenvalue weighted by atomic mass is 10.1. The number of aromatic nitrogens is 7. The third-order valence-electron chi connectivity index (χ3n) is 4.29. The largest absolute Gasteiger partial charge is 0.491 e. The van der Waals surface area contributed by atoms with Gasteiger partial charge in [0.1, 0.15) is 16.9 Å². The normalized spacial score (nSPS) is 11.5. The number of hydrogen-bond donors (Lipinski definition) is 1. The van der Waals surface area contributed by atoms with Crippen molar-refractivity contribution in [3.63, 3.8) is 0 Å². The summed E-state index contributed by atoms with van der Waals surface area (Å²) in [5.41, 5.74) is 7.93. The van der Waals surface area contributed by atoms with Crippen LogP contribution in [0.15, 0.2) is 30.6 Å². The van der Waals surface area contributed by atoms with Gasteiger partial charge in [-0.25, -0.2) is 19.0 Å². The lowest BCUT2D eigenvalue weighted by Gasteiger charge is -2.08. The van der Waals surface area contributed by atoms with E-state index in [0.29, 0.717) is 23.3 Å². The van der Waals surface area contributed by atoms with Gasteiger partial charge in [0.2, 0.25) is 5.95 Å². The molecule has 0 fully saturated rings. The number of benzene rings is 1. The second kappa shape index (κ2) is 6.87. The molecule has 4 rings (SSSR count). The van der Waals surface area contributed by atoms with Gasteiger partial charge in [-0.3, -0.25) is 4.68 Å². The molecular formula is C18H19FN8O. The van der Waals surface area contributed by atoms with Crippen LogP contribution in [-0.4, -0.2) is 41.9 Å². The number of ether oxygens (including phenoxy) is 1. The highest BCUT2D eigenvalue weighted by Crippen LogP contribution is 2.32. The van der Waals surface area contributed by atoms with Crippen LogP contribution in [0, 0.1) is 5.82 Å². The minimum absolute atomic E-state index is 0.00312. The zero-order valence-corrected chi connectivity index (χ0v) is 15.7. The van der Waals surface area contributed by atoms with Gasteiger partial charge in [-0.05, 0) is 32.0 Å². The molecule has 3 aromatic heterocycles. The van der Waals surface area contributed by atoms with Crippen LogP contribution in [-0.2, 0) is 6.54 Å². The Morgan fingerprint density at radius 1 is 1.21 bits per heavy atom.